The van der Waals surface area contributed by atoms with Crippen LogP contribution in [0.2, 0.25) is 0 Å². The maximum Gasteiger partial charge on any atom is 0.203 e. The van der Waals surface area contributed by atoms with Gasteiger partial charge in [-0.3, -0.25) is 0 Å². The smallest absolute Gasteiger partial charge is 0.203 e. The Morgan fingerprint density at radius 2 is 0.465 bits per heavy atom. The Morgan fingerprint density at radius 1 is 0.244 bits per heavy atom. The van der Waals surface area contributed by atoms with Crippen LogP contribution in [0.15, 0.2) is 151 Å². The molecule has 0 saturated carbocycles. The minimum Gasteiger partial charge on any atom is -0.493 e. The van der Waals surface area contributed by atoms with Gasteiger partial charge in [0.05, 0.1) is 85.3 Å². The van der Waals surface area contributed by atoms with E-state index in [1.165, 1.54) is 0 Å². The first-order valence-electron chi connectivity index (χ1n) is 26.9. The number of rotatable bonds is 17. The van der Waals surface area contributed by atoms with Gasteiger partial charge in [0.15, 0.2) is 46.0 Å². The summed E-state index contributed by atoms with van der Waals surface area (Å²) >= 11 is 0. The van der Waals surface area contributed by atoms with Crippen LogP contribution in [0, 0.1) is 59.2 Å². The lowest BCUT2D eigenvalue weighted by Gasteiger charge is -2.14. The molecule has 0 radical (unpaired) electrons. The fourth-order valence-corrected chi connectivity index (χ4v) is 9.16. The van der Waals surface area contributed by atoms with Crippen LogP contribution < -0.4 is 56.8 Å². The Kier molecular flexibility index (Phi) is 21.1. The van der Waals surface area contributed by atoms with E-state index < -0.39 is 0 Å². The lowest BCUT2D eigenvalue weighted by molar-refractivity contribution is 0.324. The highest BCUT2D eigenvalue weighted by atomic mass is 16.5. The molecule has 0 atom stereocenters. The van der Waals surface area contributed by atoms with Crippen molar-refractivity contribution in [1.82, 2.24) is 0 Å². The highest BCUT2D eigenvalue weighted by Gasteiger charge is 2.17. The Hall–Kier alpha value is -11.1. The monoisotopic (exact) mass is 1140 g/mol. The number of hydrogen-bond acceptors (Lipinski definition) is 12. The molecule has 0 saturated heterocycles. The van der Waals surface area contributed by atoms with E-state index in [1.807, 2.05) is 109 Å². The number of ether oxygens (including phenoxy) is 12. The summed E-state index contributed by atoms with van der Waals surface area (Å²) in [7, 11) is 18.9. The average Bonchev–Trinajstić information content (AvgIpc) is 3.23. The molecule has 8 aromatic carbocycles. The third kappa shape index (κ3) is 15.1. The van der Waals surface area contributed by atoms with Crippen molar-refractivity contribution in [3.8, 4) is 128 Å². The van der Waals surface area contributed by atoms with Gasteiger partial charge in [0, 0.05) is 62.1 Å². The summed E-state index contributed by atoms with van der Waals surface area (Å²) in [5.74, 6) is 39.6. The van der Waals surface area contributed by atoms with Crippen LogP contribution in [0.4, 0.5) is 0 Å². The zero-order valence-corrected chi connectivity index (χ0v) is 50.2. The van der Waals surface area contributed by atoms with Gasteiger partial charge in [-0.1, -0.05) is 95.6 Å². The molecule has 0 spiro atoms. The lowest BCUT2D eigenvalue weighted by atomic mass is 9.89. The summed E-state index contributed by atoms with van der Waals surface area (Å²) in [6, 6.07) is 47.1. The second-order valence-electron chi connectivity index (χ2n) is 18.8. The van der Waals surface area contributed by atoms with Gasteiger partial charge < -0.3 is 56.8 Å². The molecular formula is C74H64O12. The van der Waals surface area contributed by atoms with E-state index in [-0.39, 0.29) is 0 Å². The summed E-state index contributed by atoms with van der Waals surface area (Å²) < 4.78 is 66.7. The molecule has 8 rings (SSSR count). The summed E-state index contributed by atoms with van der Waals surface area (Å²) in [4.78, 5) is 0. The molecule has 0 aromatic heterocycles. The maximum atomic E-state index is 5.60. The van der Waals surface area contributed by atoms with Crippen molar-refractivity contribution in [2.45, 2.75) is 12.8 Å². The van der Waals surface area contributed by atoms with Gasteiger partial charge in [0.2, 0.25) is 23.0 Å². The van der Waals surface area contributed by atoms with Crippen molar-refractivity contribution < 1.29 is 56.8 Å². The van der Waals surface area contributed by atoms with Crippen LogP contribution in [0.3, 0.4) is 0 Å². The second-order valence-corrected chi connectivity index (χ2v) is 18.8. The number of hydrogen-bond donors (Lipinski definition) is 0. The van der Waals surface area contributed by atoms with Crippen LogP contribution >= 0.6 is 0 Å². The van der Waals surface area contributed by atoms with E-state index in [0.29, 0.717) is 104 Å². The molecule has 0 heterocycles. The van der Waals surface area contributed by atoms with Crippen molar-refractivity contribution >= 4 is 5.57 Å². The Bertz CT molecular complexity index is 3980. The largest absolute Gasteiger partial charge is 0.493 e. The molecular weight excluding hydrogens is 1080 g/mol. The summed E-state index contributed by atoms with van der Waals surface area (Å²) in [5, 5.41) is 0. The van der Waals surface area contributed by atoms with Crippen LogP contribution in [-0.4, -0.2) is 85.3 Å². The number of methoxy groups -OCH3 is 12. The highest BCUT2D eigenvalue weighted by Crippen LogP contribution is 2.41. The van der Waals surface area contributed by atoms with Gasteiger partial charge in [-0.2, -0.15) is 0 Å². The van der Waals surface area contributed by atoms with E-state index in [4.69, 9.17) is 56.8 Å². The first-order valence-corrected chi connectivity index (χ1v) is 26.9. The summed E-state index contributed by atoms with van der Waals surface area (Å²) in [6.07, 6.45) is 1.04. The minimum atomic E-state index is 0.494. The van der Waals surface area contributed by atoms with E-state index in [1.54, 1.807) is 85.3 Å². The third-order valence-electron chi connectivity index (χ3n) is 13.6. The molecule has 12 nitrogen and oxygen atoms in total. The van der Waals surface area contributed by atoms with Crippen LogP contribution in [0.25, 0.3) is 5.57 Å². The van der Waals surface area contributed by atoms with Crippen LogP contribution in [-0.2, 0) is 12.8 Å². The van der Waals surface area contributed by atoms with Gasteiger partial charge in [-0.25, -0.2) is 0 Å². The second kappa shape index (κ2) is 29.7. The zero-order chi connectivity index (χ0) is 61.0. The summed E-state index contributed by atoms with van der Waals surface area (Å²) in [6.45, 7) is 0. The van der Waals surface area contributed by atoms with Crippen LogP contribution in [0.1, 0.15) is 66.8 Å². The molecule has 86 heavy (non-hydrogen) atoms. The highest BCUT2D eigenvalue weighted by molar-refractivity contribution is 5.76. The Balaban J connectivity index is 1.21. The molecule has 0 aliphatic carbocycles. The predicted octanol–water partition coefficient (Wildman–Crippen LogP) is 12.7. The maximum absolute atomic E-state index is 5.60. The third-order valence-corrected chi connectivity index (χ3v) is 13.6. The molecule has 0 aliphatic rings. The molecule has 0 unspecified atom stereocenters. The minimum absolute atomic E-state index is 0.494. The first-order chi connectivity index (χ1) is 42.0. The molecule has 0 aliphatic heterocycles. The van der Waals surface area contributed by atoms with Crippen molar-refractivity contribution in [1.29, 1.82) is 0 Å². The molecule has 0 bridgehead atoms. The molecule has 0 amide bonds. The first kappa shape index (κ1) is 61.0. The van der Waals surface area contributed by atoms with E-state index in [0.717, 1.165) is 55.7 Å². The van der Waals surface area contributed by atoms with Crippen molar-refractivity contribution in [2.75, 3.05) is 85.3 Å². The molecule has 432 valence electrons. The number of benzene rings is 8. The Morgan fingerprint density at radius 3 is 0.721 bits per heavy atom. The van der Waals surface area contributed by atoms with E-state index in [9.17, 15) is 0 Å². The Labute approximate surface area is 504 Å². The topological polar surface area (TPSA) is 111 Å². The fourth-order valence-electron chi connectivity index (χ4n) is 9.16. The fraction of sp³-hybridized carbons (Fsp3) is 0.189. The van der Waals surface area contributed by atoms with Crippen molar-refractivity contribution in [3.05, 3.63) is 218 Å². The standard InChI is InChI=1S/C74H64O12/c1-75-63-41-56(42-64(76-2)71(63)83-9)29-21-49-13-15-52(16-14-49)35-38-61(39-54-25-17-50(18-26-54)22-30-57-43-65(77-3)72(84-10)66(44-57)78-4)62(60-36-33-53(34-37-60)24-32-59-47-69(81-7)74(86-12)70(48-59)82-8)40-55-27-19-51(20-28-55)23-31-58-45-67(79-5)73(85-11)68(46-58)80-6/h13-20,25-28,33-34,36-37,41-48H,39-40H2,1-12H3/b62-61-. The van der Waals surface area contributed by atoms with E-state index >= 15 is 0 Å². The quantitative estimate of drug-likeness (QED) is 0.0810. The molecule has 12 heteroatoms. The normalized spacial score (nSPS) is 10.4. The van der Waals surface area contributed by atoms with Gasteiger partial charge in [-0.05, 0) is 138 Å². The zero-order valence-electron chi connectivity index (χ0n) is 50.2. The molecule has 0 fully saturated rings. The lowest BCUT2D eigenvalue weighted by Crippen LogP contribution is -2.00. The molecule has 0 N–H and O–H groups in total. The SMILES string of the molecule is COc1cc(C#Cc2ccc(C#C/C(Cc3ccc(C#Cc4cc(OC)c(OC)c(OC)c4)cc3)=C(\Cc3ccc(C#Cc4cc(OC)c(OC)c(OC)c4)cc3)c3ccc(C#Cc4cc(OC)c(OC)c(OC)c4)cc3)cc2)cc(OC)c1OC. The van der Waals surface area contributed by atoms with E-state index in [2.05, 4.69) is 95.6 Å². The average molecular weight is 1150 g/mol. The van der Waals surface area contributed by atoms with Gasteiger partial charge in [-0.15, -0.1) is 0 Å². The molecule has 8 aromatic rings. The van der Waals surface area contributed by atoms with Crippen molar-refractivity contribution in [2.24, 2.45) is 0 Å². The van der Waals surface area contributed by atoms with Gasteiger partial charge in [0.25, 0.3) is 0 Å². The number of allylic oxidation sites excluding steroid dienone is 2. The van der Waals surface area contributed by atoms with Crippen molar-refractivity contribution in [3.63, 3.8) is 0 Å². The van der Waals surface area contributed by atoms with Gasteiger partial charge in [0.1, 0.15) is 0 Å². The van der Waals surface area contributed by atoms with Crippen LogP contribution in [0.5, 0.6) is 69.0 Å². The van der Waals surface area contributed by atoms with Gasteiger partial charge >= 0.3 is 0 Å². The summed E-state index contributed by atoms with van der Waals surface area (Å²) in [5.41, 5.74) is 11.9. The predicted molar refractivity (Wildman–Crippen MR) is 335 cm³/mol.